The van der Waals surface area contributed by atoms with Crippen molar-refractivity contribution in [1.29, 1.82) is 0 Å². The molecule has 0 saturated heterocycles. The average Bonchev–Trinajstić information content (AvgIpc) is 3.24. The minimum atomic E-state index is -4.37. The van der Waals surface area contributed by atoms with E-state index in [-0.39, 0.29) is 52.9 Å². The van der Waals surface area contributed by atoms with Crippen LogP contribution in [0.1, 0.15) is 43.4 Å². The number of sulfonamides is 1. The molecule has 0 bridgehead atoms. The summed E-state index contributed by atoms with van der Waals surface area (Å²) >= 11 is 5.83. The van der Waals surface area contributed by atoms with Gasteiger partial charge in [-0.2, -0.15) is 23.1 Å². The van der Waals surface area contributed by atoms with Crippen LogP contribution in [0.3, 0.4) is 0 Å². The molecule has 3 heterocycles. The Morgan fingerprint density at radius 3 is 2.15 bits per heavy atom. The lowest BCUT2D eigenvalue weighted by molar-refractivity contribution is -0.198. The number of hydrogen-bond acceptors (Lipinski definition) is 11. The Bertz CT molecular complexity index is 1400. The molecule has 1 fully saturated rings. The lowest BCUT2D eigenvalue weighted by Crippen LogP contribution is -2.36. The molecule has 1 saturated carbocycles. The van der Waals surface area contributed by atoms with Gasteiger partial charge in [0.05, 0.1) is 25.2 Å². The molecule has 39 heavy (non-hydrogen) atoms. The second kappa shape index (κ2) is 11.1. The van der Waals surface area contributed by atoms with E-state index in [9.17, 15) is 21.6 Å². The number of anilines is 1. The van der Waals surface area contributed by atoms with Gasteiger partial charge in [0.2, 0.25) is 27.7 Å². The summed E-state index contributed by atoms with van der Waals surface area (Å²) < 4.78 is 86.2. The zero-order valence-corrected chi connectivity index (χ0v) is 22.6. The molecule has 1 aliphatic carbocycles. The maximum absolute atomic E-state index is 13.5. The number of alkyl halides is 3. The first-order valence-corrected chi connectivity index (χ1v) is 13.3. The molecule has 1 aliphatic rings. The van der Waals surface area contributed by atoms with Gasteiger partial charge in [-0.1, -0.05) is 11.6 Å². The maximum Gasteiger partial charge on any atom is 0.391 e. The molecule has 4 rings (SSSR count). The molecular weight excluding hydrogens is 569 g/mol. The summed E-state index contributed by atoms with van der Waals surface area (Å²) in [6, 6.07) is 0. The van der Waals surface area contributed by atoms with Crippen molar-refractivity contribution in [3.63, 3.8) is 0 Å². The number of nitrogens with one attached hydrogen (secondary N) is 1. The van der Waals surface area contributed by atoms with Crippen LogP contribution in [0.15, 0.2) is 18.7 Å². The quantitative estimate of drug-likeness (QED) is 0.369. The van der Waals surface area contributed by atoms with Gasteiger partial charge in [0.25, 0.3) is 0 Å². The maximum atomic E-state index is 13.5. The minimum absolute atomic E-state index is 0.00707. The smallest absolute Gasteiger partial charge is 0.391 e. The monoisotopic (exact) mass is 592 g/mol. The molecule has 0 radical (unpaired) electrons. The van der Waals surface area contributed by atoms with Gasteiger partial charge in [-0.3, -0.25) is 9.29 Å². The van der Waals surface area contributed by atoms with Crippen molar-refractivity contribution in [2.45, 2.75) is 43.2 Å². The number of rotatable bonds is 10. The number of halogens is 4. The third kappa shape index (κ3) is 5.69. The van der Waals surface area contributed by atoms with Crippen molar-refractivity contribution in [2.75, 3.05) is 26.1 Å². The minimum Gasteiger partial charge on any atom is -0.479 e. The van der Waals surface area contributed by atoms with Crippen molar-refractivity contribution in [2.24, 2.45) is 5.92 Å². The van der Waals surface area contributed by atoms with Crippen LogP contribution in [-0.2, 0) is 14.8 Å². The van der Waals surface area contributed by atoms with Crippen LogP contribution in [0.25, 0.3) is 5.69 Å². The molecule has 3 aromatic heterocycles. The van der Waals surface area contributed by atoms with Crippen LogP contribution < -0.4 is 14.2 Å². The number of hydrogen-bond donors (Lipinski definition) is 1. The number of aromatic nitrogens is 7. The van der Waals surface area contributed by atoms with Gasteiger partial charge < -0.3 is 14.2 Å². The fourth-order valence-electron chi connectivity index (χ4n) is 4.14. The largest absolute Gasteiger partial charge is 0.479 e. The van der Waals surface area contributed by atoms with Gasteiger partial charge in [0.1, 0.15) is 23.5 Å². The Hall–Kier alpha value is -3.31. The van der Waals surface area contributed by atoms with E-state index in [1.165, 1.54) is 45.2 Å². The van der Waals surface area contributed by atoms with Crippen LogP contribution >= 0.6 is 11.6 Å². The Kier molecular flexibility index (Phi) is 8.13. The molecule has 0 unspecified atom stereocenters. The Labute approximate surface area is 226 Å². The summed E-state index contributed by atoms with van der Waals surface area (Å²) in [6.07, 6.45) is -2.26. The van der Waals surface area contributed by atoms with Crippen molar-refractivity contribution in [3.05, 3.63) is 35.4 Å². The van der Waals surface area contributed by atoms with Gasteiger partial charge in [-0.15, -0.1) is 10.2 Å². The third-order valence-electron chi connectivity index (χ3n) is 6.32. The summed E-state index contributed by atoms with van der Waals surface area (Å²) in [6.45, 7) is 1.36. The SMILES string of the molecule is COc1ncnc(OC)c1-n1c(NS(=O)(=O)[C@@H](C)[C@H](OC)c2ncc(Cl)cn2)nnc1[C@H]1C[C@@H](C(F)(F)F)C1. The molecular formula is C21H24ClF3N8O5S. The summed E-state index contributed by atoms with van der Waals surface area (Å²) in [7, 11) is -0.400. The van der Waals surface area contributed by atoms with Gasteiger partial charge in [0.15, 0.2) is 11.5 Å². The van der Waals surface area contributed by atoms with Crippen LogP contribution in [0.2, 0.25) is 5.02 Å². The summed E-state index contributed by atoms with van der Waals surface area (Å²) in [5, 5.41) is 6.97. The van der Waals surface area contributed by atoms with Crippen LogP contribution in [-0.4, -0.2) is 75.9 Å². The number of methoxy groups -OCH3 is 3. The molecule has 2 atom stereocenters. The van der Waals surface area contributed by atoms with Crippen LogP contribution in [0, 0.1) is 5.92 Å². The van der Waals surface area contributed by atoms with Crippen molar-refractivity contribution in [1.82, 2.24) is 34.7 Å². The Balaban J connectivity index is 1.76. The number of nitrogens with zero attached hydrogens (tertiary/aromatic N) is 7. The molecule has 18 heteroatoms. The topological polar surface area (TPSA) is 156 Å². The van der Waals surface area contributed by atoms with E-state index >= 15 is 0 Å². The first-order chi connectivity index (χ1) is 18.4. The van der Waals surface area contributed by atoms with E-state index in [0.29, 0.717) is 0 Å². The van der Waals surface area contributed by atoms with Crippen LogP contribution in [0.4, 0.5) is 19.1 Å². The highest BCUT2D eigenvalue weighted by atomic mass is 35.5. The Morgan fingerprint density at radius 1 is 1.05 bits per heavy atom. The van der Waals surface area contributed by atoms with E-state index in [2.05, 4.69) is 34.9 Å². The molecule has 0 spiro atoms. The predicted octanol–water partition coefficient (Wildman–Crippen LogP) is 3.09. The molecule has 1 N–H and O–H groups in total. The molecule has 13 nitrogen and oxygen atoms in total. The molecule has 0 aliphatic heterocycles. The second-order valence-corrected chi connectivity index (χ2v) is 11.1. The molecule has 3 aromatic rings. The van der Waals surface area contributed by atoms with Gasteiger partial charge >= 0.3 is 6.18 Å². The van der Waals surface area contributed by atoms with E-state index in [0.717, 1.165) is 6.33 Å². The average molecular weight is 593 g/mol. The fraction of sp³-hybridized carbons (Fsp3) is 0.524. The highest BCUT2D eigenvalue weighted by Gasteiger charge is 2.50. The normalized spacial score (nSPS) is 19.2. The number of ether oxygens (including phenoxy) is 3. The zero-order valence-electron chi connectivity index (χ0n) is 21.0. The van der Waals surface area contributed by atoms with Crippen molar-refractivity contribution < 1.29 is 35.8 Å². The zero-order chi connectivity index (χ0) is 28.5. The lowest BCUT2D eigenvalue weighted by atomic mass is 9.74. The van der Waals surface area contributed by atoms with E-state index in [4.69, 9.17) is 25.8 Å². The summed E-state index contributed by atoms with van der Waals surface area (Å²) in [4.78, 5) is 16.1. The van der Waals surface area contributed by atoms with E-state index in [1.54, 1.807) is 0 Å². The molecule has 212 valence electrons. The summed E-state index contributed by atoms with van der Waals surface area (Å²) in [5.41, 5.74) is 0.00707. The summed E-state index contributed by atoms with van der Waals surface area (Å²) in [5.74, 6) is -2.54. The first-order valence-electron chi connectivity index (χ1n) is 11.4. The van der Waals surface area contributed by atoms with Gasteiger partial charge in [-0.05, 0) is 19.8 Å². The van der Waals surface area contributed by atoms with Crippen molar-refractivity contribution >= 4 is 27.6 Å². The fourth-order valence-corrected chi connectivity index (χ4v) is 5.37. The standard InChI is InChI=1S/C21H24ClF3N8O5S/c1-10(15(36-2)16-26-7-13(22)8-27-16)39(34,35)32-20-31-30-17(11-5-12(6-11)21(23,24)25)33(20)14-18(37-3)28-9-29-19(14)38-4/h7-12,15H,5-6H2,1-4H3,(H,31,32)/t10-,11-,12+,15-/m0/s1. The van der Waals surface area contributed by atoms with E-state index in [1.807, 2.05) is 0 Å². The first kappa shape index (κ1) is 28.7. The predicted molar refractivity (Wildman–Crippen MR) is 130 cm³/mol. The van der Waals surface area contributed by atoms with Crippen LogP contribution in [0.5, 0.6) is 11.8 Å². The molecule has 0 amide bonds. The third-order valence-corrected chi connectivity index (χ3v) is 8.21. The van der Waals surface area contributed by atoms with Gasteiger partial charge in [-0.25, -0.2) is 18.4 Å². The lowest BCUT2D eigenvalue weighted by Gasteiger charge is -2.36. The van der Waals surface area contributed by atoms with E-state index < -0.39 is 39.4 Å². The highest BCUT2D eigenvalue weighted by Crippen LogP contribution is 2.50. The van der Waals surface area contributed by atoms with Crippen molar-refractivity contribution in [3.8, 4) is 17.4 Å². The second-order valence-electron chi connectivity index (χ2n) is 8.63. The highest BCUT2D eigenvalue weighted by molar-refractivity contribution is 7.93. The molecule has 0 aromatic carbocycles. The van der Waals surface area contributed by atoms with Gasteiger partial charge in [0, 0.05) is 25.4 Å². The Morgan fingerprint density at radius 2 is 1.64 bits per heavy atom.